The summed E-state index contributed by atoms with van der Waals surface area (Å²) in [6.45, 7) is 2.94. The molecule has 2 aliphatic rings. The molecule has 1 amide bonds. The molecule has 1 aliphatic heterocycles. The van der Waals surface area contributed by atoms with E-state index in [-0.39, 0.29) is 29.1 Å². The summed E-state index contributed by atoms with van der Waals surface area (Å²) in [5.41, 5.74) is 14.3. The van der Waals surface area contributed by atoms with Crippen molar-refractivity contribution in [1.29, 1.82) is 0 Å². The number of benzene rings is 2. The van der Waals surface area contributed by atoms with Crippen LogP contribution >= 0.6 is 0 Å². The topological polar surface area (TPSA) is 72.4 Å². The van der Waals surface area contributed by atoms with Crippen molar-refractivity contribution in [1.82, 2.24) is 4.90 Å². The highest BCUT2D eigenvalue weighted by Gasteiger charge is 2.50. The summed E-state index contributed by atoms with van der Waals surface area (Å²) in [5, 5.41) is 0. The van der Waals surface area contributed by atoms with Crippen molar-refractivity contribution in [2.45, 2.75) is 62.9 Å². The third kappa shape index (κ3) is 4.89. The van der Waals surface area contributed by atoms with Gasteiger partial charge in [0.2, 0.25) is 5.91 Å². The molecule has 2 fully saturated rings. The summed E-state index contributed by atoms with van der Waals surface area (Å²) in [6.07, 6.45) is 6.10. The fraction of sp³-hybridized carbons (Fsp3) is 0.519. The van der Waals surface area contributed by atoms with Gasteiger partial charge < -0.3 is 11.5 Å². The van der Waals surface area contributed by atoms with Gasteiger partial charge in [0, 0.05) is 24.4 Å². The van der Waals surface area contributed by atoms with Crippen molar-refractivity contribution < 1.29 is 9.18 Å². The number of likely N-dealkylation sites (tertiary alicyclic amines) is 1. The van der Waals surface area contributed by atoms with Gasteiger partial charge in [0.15, 0.2) is 0 Å². The zero-order valence-electron chi connectivity index (χ0n) is 18.9. The number of primary amides is 1. The smallest absolute Gasteiger partial charge is 0.217 e. The van der Waals surface area contributed by atoms with E-state index in [9.17, 15) is 9.18 Å². The van der Waals surface area contributed by atoms with Crippen LogP contribution in [-0.2, 0) is 16.8 Å². The highest BCUT2D eigenvalue weighted by molar-refractivity contribution is 5.73. The first-order valence-electron chi connectivity index (χ1n) is 12.1. The second-order valence-electron chi connectivity index (χ2n) is 9.75. The Labute approximate surface area is 191 Å². The van der Waals surface area contributed by atoms with Gasteiger partial charge in [0.25, 0.3) is 0 Å². The number of rotatable bonds is 8. The molecule has 2 aromatic rings. The molecular weight excluding hydrogens is 401 g/mol. The summed E-state index contributed by atoms with van der Waals surface area (Å²) >= 11 is 0. The lowest BCUT2D eigenvalue weighted by Crippen LogP contribution is -2.51. The van der Waals surface area contributed by atoms with Gasteiger partial charge in [-0.3, -0.25) is 9.69 Å². The maximum atomic E-state index is 14.4. The van der Waals surface area contributed by atoms with Crippen molar-refractivity contribution in [3.63, 3.8) is 0 Å². The Bertz CT molecular complexity index is 897. The zero-order valence-corrected chi connectivity index (χ0v) is 18.9. The number of hydrogen-bond acceptors (Lipinski definition) is 3. The standard InChI is InChI=1S/C27H36FN3O/c28-23-9-4-8-22(18-23)27(15-12-26(30)32,24-10-5-11-25(24)29)21-13-16-31(17-14-21)19-20-6-2-1-3-7-20/h1-4,6-9,18,21,24-25H,5,10-17,19,29H2,(H2,30,32)/t24-,25-,27+/m0/s1. The largest absolute Gasteiger partial charge is 0.370 e. The molecule has 172 valence electrons. The molecule has 1 aliphatic carbocycles. The minimum Gasteiger partial charge on any atom is -0.370 e. The van der Waals surface area contributed by atoms with Crippen molar-refractivity contribution in [2.24, 2.45) is 23.3 Å². The lowest BCUT2D eigenvalue weighted by atomic mass is 9.56. The Morgan fingerprint density at radius 2 is 1.78 bits per heavy atom. The molecule has 0 bridgehead atoms. The van der Waals surface area contributed by atoms with Gasteiger partial charge in [-0.25, -0.2) is 4.39 Å². The molecule has 2 aromatic carbocycles. The number of hydrogen-bond donors (Lipinski definition) is 2. The van der Waals surface area contributed by atoms with Gasteiger partial charge in [-0.15, -0.1) is 0 Å². The Morgan fingerprint density at radius 1 is 1.03 bits per heavy atom. The molecule has 1 heterocycles. The highest BCUT2D eigenvalue weighted by Crippen LogP contribution is 2.52. The van der Waals surface area contributed by atoms with E-state index in [1.165, 1.54) is 11.6 Å². The summed E-state index contributed by atoms with van der Waals surface area (Å²) in [4.78, 5) is 14.4. The molecule has 0 radical (unpaired) electrons. The zero-order chi connectivity index (χ0) is 22.6. The monoisotopic (exact) mass is 437 g/mol. The van der Waals surface area contributed by atoms with E-state index in [1.54, 1.807) is 12.1 Å². The fourth-order valence-electron chi connectivity index (χ4n) is 6.47. The number of nitrogens with zero attached hydrogens (tertiary/aromatic N) is 1. The van der Waals surface area contributed by atoms with E-state index in [1.807, 2.05) is 12.1 Å². The van der Waals surface area contributed by atoms with Crippen molar-refractivity contribution >= 4 is 5.91 Å². The Morgan fingerprint density at radius 3 is 2.41 bits per heavy atom. The molecule has 4 rings (SSSR count). The molecule has 4 N–H and O–H groups in total. The highest BCUT2D eigenvalue weighted by atomic mass is 19.1. The Kier molecular flexibility index (Phi) is 7.27. The van der Waals surface area contributed by atoms with Crippen LogP contribution in [0, 0.1) is 17.7 Å². The van der Waals surface area contributed by atoms with E-state index >= 15 is 0 Å². The van der Waals surface area contributed by atoms with E-state index < -0.39 is 0 Å². The number of halogens is 1. The van der Waals surface area contributed by atoms with Gasteiger partial charge in [0.05, 0.1) is 0 Å². The van der Waals surface area contributed by atoms with Crippen LogP contribution in [0.15, 0.2) is 54.6 Å². The molecule has 4 nitrogen and oxygen atoms in total. The maximum absolute atomic E-state index is 14.4. The third-order valence-corrected chi connectivity index (χ3v) is 7.94. The van der Waals surface area contributed by atoms with Crippen molar-refractivity contribution in [3.8, 4) is 0 Å². The normalized spacial score (nSPS) is 24.3. The first kappa shape index (κ1) is 22.9. The van der Waals surface area contributed by atoms with Crippen LogP contribution in [0.4, 0.5) is 4.39 Å². The second kappa shape index (κ2) is 10.1. The number of amides is 1. The second-order valence-corrected chi connectivity index (χ2v) is 9.75. The number of carbonyl (C=O) groups is 1. The predicted molar refractivity (Wildman–Crippen MR) is 126 cm³/mol. The van der Waals surface area contributed by atoms with E-state index in [4.69, 9.17) is 11.5 Å². The molecule has 0 spiro atoms. The van der Waals surface area contributed by atoms with Crippen LogP contribution in [0.5, 0.6) is 0 Å². The quantitative estimate of drug-likeness (QED) is 0.644. The van der Waals surface area contributed by atoms with Gasteiger partial charge in [-0.05, 0) is 80.3 Å². The summed E-state index contributed by atoms with van der Waals surface area (Å²) in [6, 6.07) is 17.7. The van der Waals surface area contributed by atoms with E-state index in [0.29, 0.717) is 18.8 Å². The Hall–Kier alpha value is -2.24. The summed E-state index contributed by atoms with van der Waals surface area (Å²) in [5.74, 6) is 0.0806. The van der Waals surface area contributed by atoms with Crippen LogP contribution in [-0.4, -0.2) is 29.9 Å². The molecule has 3 atom stereocenters. The minimum absolute atomic E-state index is 0.0773. The average molecular weight is 438 g/mol. The van der Waals surface area contributed by atoms with Gasteiger partial charge in [0.1, 0.15) is 5.82 Å². The lowest BCUT2D eigenvalue weighted by molar-refractivity contribution is -0.118. The third-order valence-electron chi connectivity index (χ3n) is 7.94. The maximum Gasteiger partial charge on any atom is 0.217 e. The molecule has 0 unspecified atom stereocenters. The minimum atomic E-state index is -0.314. The first-order valence-corrected chi connectivity index (χ1v) is 12.1. The molecule has 5 heteroatoms. The van der Waals surface area contributed by atoms with Crippen LogP contribution in [0.1, 0.15) is 56.1 Å². The average Bonchev–Trinajstić information content (AvgIpc) is 3.22. The number of piperidine rings is 1. The van der Waals surface area contributed by atoms with Gasteiger partial charge in [-0.1, -0.05) is 48.9 Å². The molecule has 1 saturated heterocycles. The molecular formula is C27H36FN3O. The SMILES string of the molecule is NC(=O)CC[C@](c1cccc(F)c1)(C1CCN(Cc2ccccc2)CC1)[C@H]1CCC[C@@H]1N. The van der Waals surface area contributed by atoms with Crippen LogP contribution < -0.4 is 11.5 Å². The fourth-order valence-corrected chi connectivity index (χ4v) is 6.47. The molecule has 1 saturated carbocycles. The van der Waals surface area contributed by atoms with Crippen molar-refractivity contribution in [3.05, 3.63) is 71.5 Å². The Balaban J connectivity index is 1.63. The molecule has 0 aromatic heterocycles. The molecule has 32 heavy (non-hydrogen) atoms. The van der Waals surface area contributed by atoms with Gasteiger partial charge in [-0.2, -0.15) is 0 Å². The first-order chi connectivity index (χ1) is 15.5. The van der Waals surface area contributed by atoms with Crippen LogP contribution in [0.3, 0.4) is 0 Å². The lowest BCUT2D eigenvalue weighted by Gasteiger charge is -2.50. The van der Waals surface area contributed by atoms with Crippen LogP contribution in [0.2, 0.25) is 0 Å². The number of carbonyl (C=O) groups excluding carboxylic acids is 1. The van der Waals surface area contributed by atoms with Crippen molar-refractivity contribution in [2.75, 3.05) is 13.1 Å². The number of nitrogens with two attached hydrogens (primary N) is 2. The van der Waals surface area contributed by atoms with Gasteiger partial charge >= 0.3 is 0 Å². The van der Waals surface area contributed by atoms with Crippen LogP contribution in [0.25, 0.3) is 0 Å². The summed E-state index contributed by atoms with van der Waals surface area (Å²) in [7, 11) is 0. The van der Waals surface area contributed by atoms with E-state index in [0.717, 1.165) is 57.3 Å². The summed E-state index contributed by atoms with van der Waals surface area (Å²) < 4.78 is 14.4. The predicted octanol–water partition coefficient (Wildman–Crippen LogP) is 4.37. The van der Waals surface area contributed by atoms with E-state index in [2.05, 4.69) is 29.2 Å².